The molecule has 1 aromatic heterocycles. The van der Waals surface area contributed by atoms with E-state index in [2.05, 4.69) is 15.5 Å². The lowest BCUT2D eigenvalue weighted by atomic mass is 9.67. The van der Waals surface area contributed by atoms with Crippen molar-refractivity contribution in [2.45, 2.75) is 32.2 Å². The normalized spacial score (nSPS) is 19.8. The first-order valence-electron chi connectivity index (χ1n) is 4.66. The van der Waals surface area contributed by atoms with Gasteiger partial charge in [0, 0.05) is 13.2 Å². The van der Waals surface area contributed by atoms with Crippen molar-refractivity contribution in [1.29, 1.82) is 0 Å². The first-order valence-corrected chi connectivity index (χ1v) is 4.66. The third-order valence-corrected chi connectivity index (χ3v) is 3.01. The van der Waals surface area contributed by atoms with Gasteiger partial charge in [-0.2, -0.15) is 0 Å². The van der Waals surface area contributed by atoms with Gasteiger partial charge in [0.2, 0.25) is 0 Å². The zero-order valence-electron chi connectivity index (χ0n) is 7.56. The monoisotopic (exact) mass is 182 g/mol. The van der Waals surface area contributed by atoms with Gasteiger partial charge in [-0.05, 0) is 35.1 Å². The predicted octanol–water partition coefficient (Wildman–Crippen LogP) is 0.226. The number of aliphatic hydroxyl groups excluding tert-OH is 1. The van der Waals surface area contributed by atoms with Gasteiger partial charge in [0.1, 0.15) is 6.33 Å². The fourth-order valence-corrected chi connectivity index (χ4v) is 1.80. The minimum Gasteiger partial charge on any atom is -0.396 e. The molecule has 0 saturated heterocycles. The third kappa shape index (κ3) is 1.70. The number of hydrogen-bond acceptors (Lipinski definition) is 4. The summed E-state index contributed by atoms with van der Waals surface area (Å²) in [6, 6.07) is 0. The van der Waals surface area contributed by atoms with Crippen LogP contribution < -0.4 is 0 Å². The Hall–Kier alpha value is -0.970. The minimum absolute atomic E-state index is 0.173. The van der Waals surface area contributed by atoms with Crippen LogP contribution in [-0.2, 0) is 6.54 Å². The Balaban J connectivity index is 1.84. The number of aliphatic hydroxyl groups is 1. The predicted molar refractivity (Wildman–Crippen MR) is 45.8 cm³/mol. The number of nitrogens with zero attached hydrogens (tertiary/aromatic N) is 4. The second-order valence-electron chi connectivity index (χ2n) is 3.83. The molecule has 5 nitrogen and oxygen atoms in total. The SMILES string of the molecule is OCC1(CCn2cnnn2)CCC1. The van der Waals surface area contributed by atoms with Crippen LogP contribution in [0.15, 0.2) is 6.33 Å². The van der Waals surface area contributed by atoms with E-state index in [1.165, 1.54) is 6.42 Å². The Morgan fingerprint density at radius 2 is 2.31 bits per heavy atom. The van der Waals surface area contributed by atoms with Gasteiger partial charge in [0.05, 0.1) is 0 Å². The minimum atomic E-state index is 0.173. The topological polar surface area (TPSA) is 63.8 Å². The molecule has 1 saturated carbocycles. The highest BCUT2D eigenvalue weighted by Crippen LogP contribution is 2.43. The smallest absolute Gasteiger partial charge is 0.138 e. The summed E-state index contributed by atoms with van der Waals surface area (Å²) in [4.78, 5) is 0. The van der Waals surface area contributed by atoms with E-state index in [1.807, 2.05) is 0 Å². The summed E-state index contributed by atoms with van der Waals surface area (Å²) in [6.45, 7) is 1.11. The highest BCUT2D eigenvalue weighted by Gasteiger charge is 2.35. The Bertz CT molecular complexity index is 250. The van der Waals surface area contributed by atoms with Gasteiger partial charge in [0.25, 0.3) is 0 Å². The lowest BCUT2D eigenvalue weighted by Crippen LogP contribution is -2.34. The molecule has 0 spiro atoms. The summed E-state index contributed by atoms with van der Waals surface area (Å²) in [7, 11) is 0. The third-order valence-electron chi connectivity index (χ3n) is 3.01. The molecule has 13 heavy (non-hydrogen) atoms. The number of aryl methyl sites for hydroxylation is 1. The number of tetrazole rings is 1. The van der Waals surface area contributed by atoms with Gasteiger partial charge in [0.15, 0.2) is 0 Å². The maximum atomic E-state index is 9.20. The van der Waals surface area contributed by atoms with Gasteiger partial charge in [-0.3, -0.25) is 0 Å². The maximum Gasteiger partial charge on any atom is 0.138 e. The molecule has 72 valence electrons. The molecule has 0 atom stereocenters. The van der Waals surface area contributed by atoms with E-state index in [-0.39, 0.29) is 5.41 Å². The Kier molecular flexibility index (Phi) is 2.26. The Morgan fingerprint density at radius 3 is 2.77 bits per heavy atom. The van der Waals surface area contributed by atoms with E-state index in [0.29, 0.717) is 6.61 Å². The van der Waals surface area contributed by atoms with E-state index in [4.69, 9.17) is 0 Å². The van der Waals surface area contributed by atoms with Crippen molar-refractivity contribution in [2.75, 3.05) is 6.61 Å². The van der Waals surface area contributed by atoms with Crippen LogP contribution in [0, 0.1) is 5.41 Å². The van der Waals surface area contributed by atoms with Crippen molar-refractivity contribution >= 4 is 0 Å². The summed E-state index contributed by atoms with van der Waals surface area (Å²) >= 11 is 0. The van der Waals surface area contributed by atoms with Crippen molar-refractivity contribution in [3.8, 4) is 0 Å². The second kappa shape index (κ2) is 3.41. The van der Waals surface area contributed by atoms with Gasteiger partial charge >= 0.3 is 0 Å². The standard InChI is InChI=1S/C8H14N4O/c13-6-8(2-1-3-8)4-5-12-7-9-10-11-12/h7,13H,1-6H2. The van der Waals surface area contributed by atoms with Crippen LogP contribution in [0.25, 0.3) is 0 Å². The quantitative estimate of drug-likeness (QED) is 0.723. The largest absolute Gasteiger partial charge is 0.396 e. The zero-order valence-corrected chi connectivity index (χ0v) is 7.56. The average molecular weight is 182 g/mol. The van der Waals surface area contributed by atoms with Crippen LogP contribution in [0.2, 0.25) is 0 Å². The van der Waals surface area contributed by atoms with Crippen molar-refractivity contribution < 1.29 is 5.11 Å². The summed E-state index contributed by atoms with van der Waals surface area (Å²) in [6.07, 6.45) is 6.13. The molecule has 0 amide bonds. The molecule has 0 unspecified atom stereocenters. The molecule has 1 N–H and O–H groups in total. The van der Waals surface area contributed by atoms with Gasteiger partial charge in [-0.25, -0.2) is 4.68 Å². The summed E-state index contributed by atoms with van der Waals surface area (Å²) < 4.78 is 1.72. The molecule has 0 aliphatic heterocycles. The summed E-state index contributed by atoms with van der Waals surface area (Å²) in [5, 5.41) is 20.1. The van der Waals surface area contributed by atoms with Crippen LogP contribution in [0.4, 0.5) is 0 Å². The molecule has 1 heterocycles. The lowest BCUT2D eigenvalue weighted by Gasteiger charge is -2.40. The maximum absolute atomic E-state index is 9.20. The Labute approximate surface area is 76.8 Å². The zero-order chi connectivity index (χ0) is 9.15. The van der Waals surface area contributed by atoms with E-state index >= 15 is 0 Å². The molecule has 1 aliphatic carbocycles. The highest BCUT2D eigenvalue weighted by atomic mass is 16.3. The van der Waals surface area contributed by atoms with E-state index in [0.717, 1.165) is 25.8 Å². The highest BCUT2D eigenvalue weighted by molar-refractivity contribution is 4.86. The molecular weight excluding hydrogens is 168 g/mol. The fraction of sp³-hybridized carbons (Fsp3) is 0.875. The van der Waals surface area contributed by atoms with Crippen molar-refractivity contribution in [1.82, 2.24) is 20.2 Å². The van der Waals surface area contributed by atoms with Gasteiger partial charge in [-0.15, -0.1) is 5.10 Å². The molecule has 0 radical (unpaired) electrons. The van der Waals surface area contributed by atoms with Crippen molar-refractivity contribution in [2.24, 2.45) is 5.41 Å². The molecule has 1 aliphatic rings. The van der Waals surface area contributed by atoms with Crippen molar-refractivity contribution in [3.05, 3.63) is 6.33 Å². The van der Waals surface area contributed by atoms with Gasteiger partial charge in [-0.1, -0.05) is 6.42 Å². The molecular formula is C8H14N4O. The first kappa shape index (κ1) is 8.62. The molecule has 1 fully saturated rings. The number of hydrogen-bond donors (Lipinski definition) is 1. The fourth-order valence-electron chi connectivity index (χ4n) is 1.80. The molecule has 0 bridgehead atoms. The van der Waals surface area contributed by atoms with Crippen LogP contribution in [0.1, 0.15) is 25.7 Å². The Morgan fingerprint density at radius 1 is 1.46 bits per heavy atom. The van der Waals surface area contributed by atoms with Crippen molar-refractivity contribution in [3.63, 3.8) is 0 Å². The molecule has 2 rings (SSSR count). The summed E-state index contributed by atoms with van der Waals surface area (Å²) in [5.41, 5.74) is 0.173. The molecule has 1 aromatic rings. The van der Waals surface area contributed by atoms with E-state index < -0.39 is 0 Å². The molecule has 0 aromatic carbocycles. The van der Waals surface area contributed by atoms with Crippen LogP contribution >= 0.6 is 0 Å². The van der Waals surface area contributed by atoms with Crippen LogP contribution in [0.5, 0.6) is 0 Å². The summed E-state index contributed by atoms with van der Waals surface area (Å²) in [5.74, 6) is 0. The second-order valence-corrected chi connectivity index (χ2v) is 3.83. The number of aromatic nitrogens is 4. The van der Waals surface area contributed by atoms with E-state index in [1.54, 1.807) is 11.0 Å². The lowest BCUT2D eigenvalue weighted by molar-refractivity contribution is 0.0310. The van der Waals surface area contributed by atoms with Crippen LogP contribution in [0.3, 0.4) is 0 Å². The van der Waals surface area contributed by atoms with Gasteiger partial charge < -0.3 is 5.11 Å². The first-order chi connectivity index (χ1) is 6.35. The van der Waals surface area contributed by atoms with E-state index in [9.17, 15) is 5.11 Å². The number of rotatable bonds is 4. The molecule has 5 heteroatoms. The van der Waals surface area contributed by atoms with Crippen LogP contribution in [-0.4, -0.2) is 31.9 Å². The average Bonchev–Trinajstić information content (AvgIpc) is 2.56.